The molecule has 2 N–H and O–H groups in total. The van der Waals surface area contributed by atoms with Crippen molar-refractivity contribution in [3.63, 3.8) is 0 Å². The Morgan fingerprint density at radius 2 is 1.67 bits per heavy atom. The molecule has 0 saturated carbocycles. The summed E-state index contributed by atoms with van der Waals surface area (Å²) in [7, 11) is 3.01. The standard InChI is InChI=1S/C22H20F3N3O4S/c1-11-19(33-21(26-11)13-5-8-17(31-3)18(9-13)32-4)20(30)28-16-10-14(22(23,24)25)6-7-15(16)27-12(2)29/h5-10H,1-4H3,(H,27,29)(H,28,30). The molecule has 0 atom stereocenters. The molecule has 0 saturated heterocycles. The lowest BCUT2D eigenvalue weighted by molar-refractivity contribution is -0.137. The number of hydrogen-bond acceptors (Lipinski definition) is 6. The number of carbonyl (C=O) groups is 2. The summed E-state index contributed by atoms with van der Waals surface area (Å²) in [6.45, 7) is 2.84. The average molecular weight is 479 g/mol. The van der Waals surface area contributed by atoms with Crippen LogP contribution in [0.25, 0.3) is 10.6 Å². The summed E-state index contributed by atoms with van der Waals surface area (Å²) < 4.78 is 50.0. The maximum atomic E-state index is 13.2. The molecule has 174 valence electrons. The number of amides is 2. The van der Waals surface area contributed by atoms with E-state index in [-0.39, 0.29) is 16.3 Å². The zero-order valence-corrected chi connectivity index (χ0v) is 18.9. The number of methoxy groups -OCH3 is 2. The average Bonchev–Trinajstić information content (AvgIpc) is 3.15. The number of benzene rings is 2. The molecule has 11 heteroatoms. The number of hydrogen-bond donors (Lipinski definition) is 2. The molecule has 0 radical (unpaired) electrons. The van der Waals surface area contributed by atoms with Crippen molar-refractivity contribution in [2.45, 2.75) is 20.0 Å². The van der Waals surface area contributed by atoms with Crippen molar-refractivity contribution >= 4 is 34.5 Å². The van der Waals surface area contributed by atoms with Gasteiger partial charge in [0.15, 0.2) is 11.5 Å². The summed E-state index contributed by atoms with van der Waals surface area (Å²) >= 11 is 1.07. The Balaban J connectivity index is 1.94. The van der Waals surface area contributed by atoms with Crippen molar-refractivity contribution in [1.29, 1.82) is 0 Å². The van der Waals surface area contributed by atoms with Crippen molar-refractivity contribution in [3.8, 4) is 22.1 Å². The van der Waals surface area contributed by atoms with E-state index in [0.29, 0.717) is 27.8 Å². The van der Waals surface area contributed by atoms with Gasteiger partial charge in [-0.05, 0) is 43.3 Å². The molecule has 0 aliphatic carbocycles. The lowest BCUT2D eigenvalue weighted by Gasteiger charge is -2.14. The second-order valence-electron chi connectivity index (χ2n) is 6.90. The maximum Gasteiger partial charge on any atom is 0.416 e. The maximum absolute atomic E-state index is 13.2. The Morgan fingerprint density at radius 3 is 2.27 bits per heavy atom. The minimum atomic E-state index is -4.62. The molecule has 33 heavy (non-hydrogen) atoms. The van der Waals surface area contributed by atoms with E-state index in [4.69, 9.17) is 9.47 Å². The van der Waals surface area contributed by atoms with Crippen LogP contribution in [0.2, 0.25) is 0 Å². The van der Waals surface area contributed by atoms with Crippen LogP contribution in [0.5, 0.6) is 11.5 Å². The van der Waals surface area contributed by atoms with Crippen molar-refractivity contribution in [1.82, 2.24) is 4.98 Å². The van der Waals surface area contributed by atoms with Crippen LogP contribution in [0.3, 0.4) is 0 Å². The van der Waals surface area contributed by atoms with Crippen LogP contribution in [0.4, 0.5) is 24.5 Å². The van der Waals surface area contributed by atoms with Gasteiger partial charge in [-0.3, -0.25) is 9.59 Å². The third-order valence-electron chi connectivity index (χ3n) is 4.54. The molecule has 0 spiro atoms. The summed E-state index contributed by atoms with van der Waals surface area (Å²) in [5.74, 6) is -0.127. The van der Waals surface area contributed by atoms with Crippen LogP contribution < -0.4 is 20.1 Å². The SMILES string of the molecule is COc1ccc(-c2nc(C)c(C(=O)Nc3cc(C(F)(F)F)ccc3NC(C)=O)s2)cc1OC. The van der Waals surface area contributed by atoms with Crippen molar-refractivity contribution in [3.05, 3.63) is 52.5 Å². The number of alkyl halides is 3. The summed E-state index contributed by atoms with van der Waals surface area (Å²) in [6.07, 6.45) is -4.62. The van der Waals surface area contributed by atoms with E-state index in [1.807, 2.05) is 0 Å². The molecule has 2 aromatic carbocycles. The van der Waals surface area contributed by atoms with Crippen molar-refractivity contribution in [2.24, 2.45) is 0 Å². The number of nitrogens with zero attached hydrogens (tertiary/aromatic N) is 1. The number of nitrogens with one attached hydrogen (secondary N) is 2. The monoisotopic (exact) mass is 479 g/mol. The predicted molar refractivity (Wildman–Crippen MR) is 119 cm³/mol. The molecule has 0 aliphatic rings. The molecular formula is C22H20F3N3O4S. The van der Waals surface area contributed by atoms with Gasteiger partial charge in [-0.1, -0.05) is 0 Å². The zero-order chi connectivity index (χ0) is 24.3. The third kappa shape index (κ3) is 5.43. The predicted octanol–water partition coefficient (Wildman–Crippen LogP) is 5.37. The molecule has 0 bridgehead atoms. The number of carbonyl (C=O) groups excluding carboxylic acids is 2. The number of thiazole rings is 1. The van der Waals surface area contributed by atoms with Crippen LogP contribution in [0.1, 0.15) is 27.9 Å². The molecular weight excluding hydrogens is 459 g/mol. The number of halogens is 3. The minimum Gasteiger partial charge on any atom is -0.493 e. The third-order valence-corrected chi connectivity index (χ3v) is 5.74. The quantitative estimate of drug-likeness (QED) is 0.497. The topological polar surface area (TPSA) is 89.5 Å². The minimum absolute atomic E-state index is 0.0473. The number of rotatable bonds is 6. The number of aromatic nitrogens is 1. The fourth-order valence-electron chi connectivity index (χ4n) is 3.00. The summed E-state index contributed by atoms with van der Waals surface area (Å²) in [5.41, 5.74) is -0.0105. The van der Waals surface area contributed by atoms with E-state index in [0.717, 1.165) is 29.5 Å². The van der Waals surface area contributed by atoms with Gasteiger partial charge in [0.05, 0.1) is 36.9 Å². The number of anilines is 2. The second kappa shape index (κ2) is 9.49. The Bertz CT molecular complexity index is 1210. The first-order chi connectivity index (χ1) is 15.5. The molecule has 7 nitrogen and oxygen atoms in total. The van der Waals surface area contributed by atoms with Crippen LogP contribution in [0, 0.1) is 6.92 Å². The van der Waals surface area contributed by atoms with Gasteiger partial charge < -0.3 is 20.1 Å². The molecule has 1 heterocycles. The Kier molecular flexibility index (Phi) is 6.92. The van der Waals surface area contributed by atoms with Gasteiger partial charge >= 0.3 is 6.18 Å². The fraction of sp³-hybridized carbons (Fsp3) is 0.227. The molecule has 3 aromatic rings. The summed E-state index contributed by atoms with van der Waals surface area (Å²) in [4.78, 5) is 29.0. The summed E-state index contributed by atoms with van der Waals surface area (Å²) in [6, 6.07) is 7.85. The van der Waals surface area contributed by atoms with E-state index in [1.54, 1.807) is 25.1 Å². The van der Waals surface area contributed by atoms with Gasteiger partial charge in [-0.25, -0.2) is 4.98 Å². The normalized spacial score (nSPS) is 11.1. The van der Waals surface area contributed by atoms with Gasteiger partial charge in [0, 0.05) is 12.5 Å². The Morgan fingerprint density at radius 1 is 0.970 bits per heavy atom. The van der Waals surface area contributed by atoms with E-state index >= 15 is 0 Å². The van der Waals surface area contributed by atoms with Gasteiger partial charge in [-0.2, -0.15) is 13.2 Å². The molecule has 2 amide bonds. The Labute approximate surface area is 191 Å². The van der Waals surface area contributed by atoms with Gasteiger partial charge in [0.25, 0.3) is 5.91 Å². The smallest absolute Gasteiger partial charge is 0.416 e. The Hall–Kier alpha value is -3.60. The lowest BCUT2D eigenvalue weighted by Crippen LogP contribution is -2.16. The summed E-state index contributed by atoms with van der Waals surface area (Å²) in [5, 5.41) is 5.40. The lowest BCUT2D eigenvalue weighted by atomic mass is 10.1. The molecule has 0 fully saturated rings. The highest BCUT2D eigenvalue weighted by molar-refractivity contribution is 7.17. The highest BCUT2D eigenvalue weighted by atomic mass is 32.1. The van der Waals surface area contributed by atoms with E-state index < -0.39 is 23.6 Å². The highest BCUT2D eigenvalue weighted by Crippen LogP contribution is 2.37. The van der Waals surface area contributed by atoms with Crippen LogP contribution in [-0.2, 0) is 11.0 Å². The zero-order valence-electron chi connectivity index (χ0n) is 18.1. The molecule has 0 unspecified atom stereocenters. The van der Waals surface area contributed by atoms with Crippen molar-refractivity contribution < 1.29 is 32.2 Å². The van der Waals surface area contributed by atoms with E-state index in [1.165, 1.54) is 21.1 Å². The first-order valence-electron chi connectivity index (χ1n) is 9.53. The van der Waals surface area contributed by atoms with Crippen LogP contribution in [-0.4, -0.2) is 31.0 Å². The highest BCUT2D eigenvalue weighted by Gasteiger charge is 2.31. The first kappa shape index (κ1) is 24.1. The molecule has 3 rings (SSSR count). The van der Waals surface area contributed by atoms with E-state index in [2.05, 4.69) is 15.6 Å². The first-order valence-corrected chi connectivity index (χ1v) is 10.3. The van der Waals surface area contributed by atoms with E-state index in [9.17, 15) is 22.8 Å². The number of ether oxygens (including phenoxy) is 2. The van der Waals surface area contributed by atoms with Crippen LogP contribution >= 0.6 is 11.3 Å². The number of aryl methyl sites for hydroxylation is 1. The largest absolute Gasteiger partial charge is 0.493 e. The fourth-order valence-corrected chi connectivity index (χ4v) is 3.96. The van der Waals surface area contributed by atoms with Gasteiger partial charge in [0.1, 0.15) is 9.88 Å². The van der Waals surface area contributed by atoms with Crippen LogP contribution in [0.15, 0.2) is 36.4 Å². The van der Waals surface area contributed by atoms with Gasteiger partial charge in [-0.15, -0.1) is 11.3 Å². The van der Waals surface area contributed by atoms with Gasteiger partial charge in [0.2, 0.25) is 5.91 Å². The molecule has 0 aliphatic heterocycles. The second-order valence-corrected chi connectivity index (χ2v) is 7.90. The molecule has 1 aromatic heterocycles. The van der Waals surface area contributed by atoms with Crippen molar-refractivity contribution in [2.75, 3.05) is 24.9 Å².